The summed E-state index contributed by atoms with van der Waals surface area (Å²) in [4.78, 5) is 13.8. The predicted octanol–water partition coefficient (Wildman–Crippen LogP) is 1.33. The maximum absolute atomic E-state index is 11.4. The molecule has 112 valence electrons. The van der Waals surface area contributed by atoms with E-state index in [0.717, 1.165) is 32.5 Å². The fourth-order valence-corrected chi connectivity index (χ4v) is 2.86. The average molecular weight is 272 g/mol. The molecule has 0 bridgehead atoms. The summed E-state index contributed by atoms with van der Waals surface area (Å²) in [7, 11) is 3.50. The Bertz CT molecular complexity index is 280. The number of carbonyl (C=O) groups is 1. The standard InChI is InChI=1S/C14H28N2O3/c1-4-14(15-2,13(17)18)8-6-10-16-9-5-7-12(11-16)19-3/h12,15H,4-11H2,1-3H3,(H,17,18). The van der Waals surface area contributed by atoms with Gasteiger partial charge in [0.1, 0.15) is 5.54 Å². The first kappa shape index (κ1) is 16.4. The van der Waals surface area contributed by atoms with Crippen molar-refractivity contribution in [3.8, 4) is 0 Å². The summed E-state index contributed by atoms with van der Waals surface area (Å²) in [6.07, 6.45) is 4.83. The number of ether oxygens (including phenoxy) is 1. The van der Waals surface area contributed by atoms with Crippen LogP contribution in [0.3, 0.4) is 0 Å². The van der Waals surface area contributed by atoms with E-state index in [0.29, 0.717) is 18.9 Å². The second kappa shape index (κ2) is 7.82. The molecule has 5 nitrogen and oxygen atoms in total. The lowest BCUT2D eigenvalue weighted by molar-refractivity contribution is -0.145. The number of rotatable bonds is 8. The highest BCUT2D eigenvalue weighted by Crippen LogP contribution is 2.19. The molecule has 1 fully saturated rings. The molecule has 0 saturated carbocycles. The van der Waals surface area contributed by atoms with Gasteiger partial charge >= 0.3 is 5.97 Å². The molecule has 19 heavy (non-hydrogen) atoms. The SMILES string of the molecule is CCC(CCCN1CCCC(OC)C1)(NC)C(=O)O. The first-order valence-electron chi connectivity index (χ1n) is 7.25. The second-order valence-corrected chi connectivity index (χ2v) is 5.39. The fraction of sp³-hybridized carbons (Fsp3) is 0.929. The third-order valence-electron chi connectivity index (χ3n) is 4.36. The van der Waals surface area contributed by atoms with Gasteiger partial charge in [0.25, 0.3) is 0 Å². The number of carboxylic acids is 1. The van der Waals surface area contributed by atoms with Gasteiger partial charge in [-0.1, -0.05) is 6.92 Å². The van der Waals surface area contributed by atoms with Crippen LogP contribution in [0.15, 0.2) is 0 Å². The van der Waals surface area contributed by atoms with Crippen molar-refractivity contribution >= 4 is 5.97 Å². The summed E-state index contributed by atoms with van der Waals surface area (Å²) in [5.74, 6) is -0.745. The Hall–Kier alpha value is -0.650. The van der Waals surface area contributed by atoms with Crippen molar-refractivity contribution in [3.63, 3.8) is 0 Å². The van der Waals surface area contributed by atoms with Gasteiger partial charge in [-0.15, -0.1) is 0 Å². The summed E-state index contributed by atoms with van der Waals surface area (Å²) in [5.41, 5.74) is -0.767. The van der Waals surface area contributed by atoms with Gasteiger partial charge in [-0.2, -0.15) is 0 Å². The molecule has 1 aliphatic heterocycles. The molecule has 2 N–H and O–H groups in total. The van der Waals surface area contributed by atoms with Gasteiger partial charge in [0.05, 0.1) is 6.10 Å². The van der Waals surface area contributed by atoms with Crippen LogP contribution in [0.4, 0.5) is 0 Å². The van der Waals surface area contributed by atoms with Gasteiger partial charge < -0.3 is 20.1 Å². The summed E-state index contributed by atoms with van der Waals surface area (Å²) < 4.78 is 5.40. The molecule has 1 saturated heterocycles. The fourth-order valence-electron chi connectivity index (χ4n) is 2.86. The van der Waals surface area contributed by atoms with Crippen LogP contribution in [0.5, 0.6) is 0 Å². The van der Waals surface area contributed by atoms with E-state index in [4.69, 9.17) is 4.74 Å². The third-order valence-corrected chi connectivity index (χ3v) is 4.36. The number of methoxy groups -OCH3 is 1. The number of likely N-dealkylation sites (N-methyl/N-ethyl adjacent to an activating group) is 1. The number of likely N-dealkylation sites (tertiary alicyclic amines) is 1. The Labute approximate surface area is 116 Å². The summed E-state index contributed by atoms with van der Waals surface area (Å²) in [6.45, 7) is 4.96. The highest BCUT2D eigenvalue weighted by atomic mass is 16.5. The van der Waals surface area contributed by atoms with E-state index in [-0.39, 0.29) is 0 Å². The number of aliphatic carboxylic acids is 1. The highest BCUT2D eigenvalue weighted by Gasteiger charge is 2.34. The summed E-state index contributed by atoms with van der Waals surface area (Å²) in [5, 5.41) is 12.3. The Morgan fingerprint density at radius 1 is 1.58 bits per heavy atom. The van der Waals surface area contributed by atoms with Gasteiger partial charge in [-0.05, 0) is 52.2 Å². The maximum Gasteiger partial charge on any atom is 0.323 e. The lowest BCUT2D eigenvalue weighted by Gasteiger charge is -2.33. The van der Waals surface area contributed by atoms with Crippen LogP contribution in [0.2, 0.25) is 0 Å². The van der Waals surface area contributed by atoms with Crippen molar-refractivity contribution in [3.05, 3.63) is 0 Å². The Morgan fingerprint density at radius 3 is 2.84 bits per heavy atom. The molecule has 0 radical (unpaired) electrons. The Balaban J connectivity index is 2.37. The van der Waals surface area contributed by atoms with Crippen molar-refractivity contribution in [2.45, 2.75) is 50.7 Å². The van der Waals surface area contributed by atoms with Crippen molar-refractivity contribution in [2.24, 2.45) is 0 Å². The van der Waals surface area contributed by atoms with Crippen molar-refractivity contribution < 1.29 is 14.6 Å². The summed E-state index contributed by atoms with van der Waals surface area (Å²) in [6, 6.07) is 0. The van der Waals surface area contributed by atoms with Crippen LogP contribution in [0, 0.1) is 0 Å². The van der Waals surface area contributed by atoms with Crippen LogP contribution >= 0.6 is 0 Å². The van der Waals surface area contributed by atoms with E-state index in [2.05, 4.69) is 10.2 Å². The molecule has 5 heteroatoms. The first-order chi connectivity index (χ1) is 9.07. The van der Waals surface area contributed by atoms with Gasteiger partial charge in [0, 0.05) is 13.7 Å². The Kier molecular flexibility index (Phi) is 6.75. The monoisotopic (exact) mass is 272 g/mol. The molecule has 0 aromatic rings. The molecule has 2 atom stereocenters. The van der Waals surface area contributed by atoms with Crippen LogP contribution < -0.4 is 5.32 Å². The minimum Gasteiger partial charge on any atom is -0.480 e. The first-order valence-corrected chi connectivity index (χ1v) is 7.25. The van der Waals surface area contributed by atoms with Crippen LogP contribution in [-0.4, -0.2) is 61.4 Å². The zero-order valence-corrected chi connectivity index (χ0v) is 12.4. The largest absolute Gasteiger partial charge is 0.480 e. The number of nitrogens with zero attached hydrogens (tertiary/aromatic N) is 1. The lowest BCUT2D eigenvalue weighted by atomic mass is 9.90. The van der Waals surface area contributed by atoms with E-state index in [9.17, 15) is 9.90 Å². The lowest BCUT2D eigenvalue weighted by Crippen LogP contribution is -2.50. The van der Waals surface area contributed by atoms with Gasteiger partial charge in [0.2, 0.25) is 0 Å². The zero-order valence-electron chi connectivity index (χ0n) is 12.4. The van der Waals surface area contributed by atoms with E-state index in [1.807, 2.05) is 6.92 Å². The molecular formula is C14H28N2O3. The van der Waals surface area contributed by atoms with Crippen LogP contribution in [0.25, 0.3) is 0 Å². The number of carboxylic acid groups (broad SMARTS) is 1. The quantitative estimate of drug-likeness (QED) is 0.698. The highest BCUT2D eigenvalue weighted by molar-refractivity contribution is 5.78. The molecular weight excluding hydrogens is 244 g/mol. The second-order valence-electron chi connectivity index (χ2n) is 5.39. The van der Waals surface area contributed by atoms with Crippen molar-refractivity contribution in [1.29, 1.82) is 0 Å². The van der Waals surface area contributed by atoms with Crippen molar-refractivity contribution in [2.75, 3.05) is 33.8 Å². The molecule has 0 spiro atoms. The van der Waals surface area contributed by atoms with E-state index >= 15 is 0 Å². The van der Waals surface area contributed by atoms with Crippen LogP contribution in [0.1, 0.15) is 39.0 Å². The number of nitrogens with one attached hydrogen (secondary N) is 1. The maximum atomic E-state index is 11.4. The average Bonchev–Trinajstić information content (AvgIpc) is 2.44. The number of piperidine rings is 1. The molecule has 1 rings (SSSR count). The predicted molar refractivity (Wildman–Crippen MR) is 75.4 cm³/mol. The zero-order chi connectivity index (χ0) is 14.3. The molecule has 0 aromatic carbocycles. The molecule has 1 heterocycles. The van der Waals surface area contributed by atoms with E-state index < -0.39 is 11.5 Å². The van der Waals surface area contributed by atoms with E-state index in [1.54, 1.807) is 14.2 Å². The molecule has 1 aliphatic rings. The normalized spacial score (nSPS) is 24.1. The van der Waals surface area contributed by atoms with Gasteiger partial charge in [-0.25, -0.2) is 0 Å². The molecule has 0 amide bonds. The van der Waals surface area contributed by atoms with Gasteiger partial charge in [0.15, 0.2) is 0 Å². The molecule has 0 aromatic heterocycles. The number of hydrogen-bond acceptors (Lipinski definition) is 4. The summed E-state index contributed by atoms with van der Waals surface area (Å²) >= 11 is 0. The smallest absolute Gasteiger partial charge is 0.323 e. The topological polar surface area (TPSA) is 61.8 Å². The van der Waals surface area contributed by atoms with Crippen molar-refractivity contribution in [1.82, 2.24) is 10.2 Å². The van der Waals surface area contributed by atoms with Crippen LogP contribution in [-0.2, 0) is 9.53 Å². The minimum atomic E-state index is -0.767. The van der Waals surface area contributed by atoms with E-state index in [1.165, 1.54) is 6.42 Å². The molecule has 0 aliphatic carbocycles. The number of hydrogen-bond donors (Lipinski definition) is 2. The van der Waals surface area contributed by atoms with Gasteiger partial charge in [-0.3, -0.25) is 4.79 Å². The minimum absolute atomic E-state index is 0.341. The molecule has 2 unspecified atom stereocenters. The Morgan fingerprint density at radius 2 is 2.32 bits per heavy atom. The third kappa shape index (κ3) is 4.44.